The average Bonchev–Trinajstić information content (AvgIpc) is 2.47. The van der Waals surface area contributed by atoms with Crippen LogP contribution in [0.15, 0.2) is 24.3 Å². The van der Waals surface area contributed by atoms with Crippen molar-refractivity contribution in [2.45, 2.75) is 38.3 Å². The number of ether oxygens (including phenoxy) is 1. The number of halogens is 1. The SMILES string of the molecule is CC(CC1CCOCC1)NC(C(N)=O)c1ccc(F)cc1. The van der Waals surface area contributed by atoms with E-state index in [9.17, 15) is 9.18 Å². The van der Waals surface area contributed by atoms with Crippen LogP contribution in [-0.4, -0.2) is 25.2 Å². The Hall–Kier alpha value is -1.46. The van der Waals surface area contributed by atoms with Gasteiger partial charge in [-0.25, -0.2) is 4.39 Å². The van der Waals surface area contributed by atoms with Gasteiger partial charge in [-0.3, -0.25) is 10.1 Å². The van der Waals surface area contributed by atoms with Gasteiger partial charge >= 0.3 is 0 Å². The van der Waals surface area contributed by atoms with Crippen molar-refractivity contribution in [3.63, 3.8) is 0 Å². The number of benzene rings is 1. The van der Waals surface area contributed by atoms with Crippen LogP contribution in [0.25, 0.3) is 0 Å². The van der Waals surface area contributed by atoms with Crippen molar-refractivity contribution < 1.29 is 13.9 Å². The molecule has 21 heavy (non-hydrogen) atoms. The van der Waals surface area contributed by atoms with E-state index in [0.29, 0.717) is 11.5 Å². The number of carbonyl (C=O) groups is 1. The second kappa shape index (κ2) is 7.52. The summed E-state index contributed by atoms with van der Waals surface area (Å²) in [5.41, 5.74) is 6.17. The fourth-order valence-corrected chi connectivity index (χ4v) is 2.83. The van der Waals surface area contributed by atoms with Gasteiger partial charge in [0.25, 0.3) is 0 Å². The van der Waals surface area contributed by atoms with Crippen LogP contribution >= 0.6 is 0 Å². The molecule has 3 N–H and O–H groups in total. The highest BCUT2D eigenvalue weighted by Crippen LogP contribution is 2.22. The molecule has 2 rings (SSSR count). The summed E-state index contributed by atoms with van der Waals surface area (Å²) in [6.07, 6.45) is 3.10. The Morgan fingerprint density at radius 3 is 2.57 bits per heavy atom. The summed E-state index contributed by atoms with van der Waals surface area (Å²) in [6.45, 7) is 3.68. The van der Waals surface area contributed by atoms with Crippen molar-refractivity contribution in [3.8, 4) is 0 Å². The van der Waals surface area contributed by atoms with Crippen LogP contribution in [0.5, 0.6) is 0 Å². The van der Waals surface area contributed by atoms with Crippen molar-refractivity contribution in [1.29, 1.82) is 0 Å². The molecule has 1 aromatic rings. The van der Waals surface area contributed by atoms with Gasteiger partial charge in [0.05, 0.1) is 0 Å². The number of hydrogen-bond donors (Lipinski definition) is 2. The molecule has 0 aromatic heterocycles. The summed E-state index contributed by atoms with van der Waals surface area (Å²) in [5, 5.41) is 3.26. The zero-order valence-corrected chi connectivity index (χ0v) is 12.3. The van der Waals surface area contributed by atoms with Gasteiger partial charge in [-0.15, -0.1) is 0 Å². The second-order valence-corrected chi connectivity index (χ2v) is 5.75. The number of nitrogens with one attached hydrogen (secondary N) is 1. The third-order valence-corrected chi connectivity index (χ3v) is 3.97. The van der Waals surface area contributed by atoms with E-state index in [1.807, 2.05) is 0 Å². The van der Waals surface area contributed by atoms with E-state index in [1.54, 1.807) is 12.1 Å². The zero-order valence-electron chi connectivity index (χ0n) is 12.3. The van der Waals surface area contributed by atoms with Crippen molar-refractivity contribution in [2.75, 3.05) is 13.2 Å². The Balaban J connectivity index is 1.95. The monoisotopic (exact) mass is 294 g/mol. The number of rotatable bonds is 6. The normalized spacial score (nSPS) is 19.1. The minimum atomic E-state index is -0.583. The molecule has 2 unspecified atom stereocenters. The average molecular weight is 294 g/mol. The second-order valence-electron chi connectivity index (χ2n) is 5.75. The highest BCUT2D eigenvalue weighted by Gasteiger charge is 2.22. The number of amides is 1. The van der Waals surface area contributed by atoms with Crippen LogP contribution < -0.4 is 11.1 Å². The standard InChI is InChI=1S/C16H23FN2O2/c1-11(10-12-6-8-21-9-7-12)19-15(16(18)20)13-2-4-14(17)5-3-13/h2-5,11-12,15,19H,6-10H2,1H3,(H2,18,20). The van der Waals surface area contributed by atoms with Crippen LogP contribution in [0, 0.1) is 11.7 Å². The summed E-state index contributed by atoms with van der Waals surface area (Å²) in [6, 6.07) is 5.46. The third kappa shape index (κ3) is 4.79. The highest BCUT2D eigenvalue weighted by atomic mass is 19.1. The lowest BCUT2D eigenvalue weighted by atomic mass is 9.92. The lowest BCUT2D eigenvalue weighted by Gasteiger charge is -2.27. The molecule has 1 heterocycles. The fourth-order valence-electron chi connectivity index (χ4n) is 2.83. The molecule has 0 spiro atoms. The van der Waals surface area contributed by atoms with Gasteiger partial charge in [0.1, 0.15) is 11.9 Å². The van der Waals surface area contributed by atoms with E-state index < -0.39 is 11.9 Å². The van der Waals surface area contributed by atoms with E-state index in [2.05, 4.69) is 12.2 Å². The molecule has 116 valence electrons. The molecule has 0 aliphatic carbocycles. The maximum absolute atomic E-state index is 13.0. The van der Waals surface area contributed by atoms with Crippen molar-refractivity contribution in [2.24, 2.45) is 11.7 Å². The fraction of sp³-hybridized carbons (Fsp3) is 0.562. The van der Waals surface area contributed by atoms with Crippen LogP contribution in [-0.2, 0) is 9.53 Å². The number of carbonyl (C=O) groups excluding carboxylic acids is 1. The van der Waals surface area contributed by atoms with Crippen LogP contribution in [0.1, 0.15) is 37.8 Å². The number of hydrogen-bond acceptors (Lipinski definition) is 3. The molecule has 1 aliphatic rings. The quantitative estimate of drug-likeness (QED) is 0.845. The number of nitrogens with two attached hydrogens (primary N) is 1. The minimum Gasteiger partial charge on any atom is -0.381 e. The van der Waals surface area contributed by atoms with Crippen LogP contribution in [0.2, 0.25) is 0 Å². The Bertz CT molecular complexity index is 458. The van der Waals surface area contributed by atoms with E-state index in [4.69, 9.17) is 10.5 Å². The van der Waals surface area contributed by atoms with Crippen molar-refractivity contribution in [3.05, 3.63) is 35.6 Å². The molecule has 1 fully saturated rings. The Morgan fingerprint density at radius 1 is 1.38 bits per heavy atom. The van der Waals surface area contributed by atoms with Gasteiger partial charge in [0.2, 0.25) is 5.91 Å². The predicted octanol–water partition coefficient (Wildman–Crippen LogP) is 2.15. The molecule has 5 heteroatoms. The molecule has 4 nitrogen and oxygen atoms in total. The summed E-state index contributed by atoms with van der Waals surface area (Å²) in [7, 11) is 0. The zero-order chi connectivity index (χ0) is 15.2. The first-order chi connectivity index (χ1) is 10.1. The Morgan fingerprint density at radius 2 is 2.00 bits per heavy atom. The van der Waals surface area contributed by atoms with E-state index in [0.717, 1.165) is 32.5 Å². The molecule has 0 radical (unpaired) electrons. The molecule has 1 aliphatic heterocycles. The van der Waals surface area contributed by atoms with Gasteiger partial charge in [0.15, 0.2) is 0 Å². The molecule has 1 saturated heterocycles. The largest absolute Gasteiger partial charge is 0.381 e. The summed E-state index contributed by atoms with van der Waals surface area (Å²) in [4.78, 5) is 11.7. The lowest BCUT2D eigenvalue weighted by Crippen LogP contribution is -2.40. The van der Waals surface area contributed by atoms with Gasteiger partial charge in [0, 0.05) is 19.3 Å². The molecular weight excluding hydrogens is 271 g/mol. The summed E-state index contributed by atoms with van der Waals surface area (Å²) < 4.78 is 18.3. The van der Waals surface area contributed by atoms with Crippen LogP contribution in [0.4, 0.5) is 4.39 Å². The van der Waals surface area contributed by atoms with Gasteiger partial charge in [-0.1, -0.05) is 12.1 Å². The first-order valence-electron chi connectivity index (χ1n) is 7.45. The van der Waals surface area contributed by atoms with Crippen molar-refractivity contribution in [1.82, 2.24) is 5.32 Å². The van der Waals surface area contributed by atoms with E-state index in [-0.39, 0.29) is 11.9 Å². The molecule has 0 saturated carbocycles. The molecule has 1 amide bonds. The predicted molar refractivity (Wildman–Crippen MR) is 79.1 cm³/mol. The summed E-state index contributed by atoms with van der Waals surface area (Å²) in [5.74, 6) is -0.152. The minimum absolute atomic E-state index is 0.163. The molecule has 1 aromatic carbocycles. The van der Waals surface area contributed by atoms with E-state index in [1.165, 1.54) is 12.1 Å². The number of primary amides is 1. The Labute approximate surface area is 124 Å². The lowest BCUT2D eigenvalue weighted by molar-refractivity contribution is -0.120. The highest BCUT2D eigenvalue weighted by molar-refractivity contribution is 5.81. The smallest absolute Gasteiger partial charge is 0.239 e. The molecule has 0 bridgehead atoms. The van der Waals surface area contributed by atoms with Gasteiger partial charge in [-0.2, -0.15) is 0 Å². The summed E-state index contributed by atoms with van der Waals surface area (Å²) >= 11 is 0. The van der Waals surface area contributed by atoms with Crippen molar-refractivity contribution >= 4 is 5.91 Å². The topological polar surface area (TPSA) is 64.3 Å². The van der Waals surface area contributed by atoms with Gasteiger partial charge in [-0.05, 0) is 49.8 Å². The maximum atomic E-state index is 13.0. The van der Waals surface area contributed by atoms with Gasteiger partial charge < -0.3 is 10.5 Å². The first-order valence-corrected chi connectivity index (χ1v) is 7.45. The van der Waals surface area contributed by atoms with Crippen LogP contribution in [0.3, 0.4) is 0 Å². The maximum Gasteiger partial charge on any atom is 0.239 e. The molecule has 2 atom stereocenters. The van der Waals surface area contributed by atoms with E-state index >= 15 is 0 Å². The third-order valence-electron chi connectivity index (χ3n) is 3.97. The Kier molecular flexibility index (Phi) is 5.70. The molecular formula is C16H23FN2O2. The first kappa shape index (κ1) is 15.9.